The molecule has 1 aliphatic heterocycles. The van der Waals surface area contributed by atoms with E-state index in [1.54, 1.807) is 11.3 Å². The number of hydrogen-bond donors (Lipinski definition) is 2. The SMILES string of the molecule is Nc1nsc(N2CCN(C(=O)NC3CCCc4sccc43)CC2)n1. The number of carbonyl (C=O) groups excluding carboxylic acids is 1. The van der Waals surface area contributed by atoms with Crippen LogP contribution in [0.25, 0.3) is 0 Å². The zero-order chi connectivity index (χ0) is 16.5. The minimum absolute atomic E-state index is 0.0375. The summed E-state index contributed by atoms with van der Waals surface area (Å²) in [6.45, 7) is 2.90. The second-order valence-electron chi connectivity index (χ2n) is 6.10. The monoisotopic (exact) mass is 364 g/mol. The molecule has 3 N–H and O–H groups in total. The molecule has 1 atom stereocenters. The van der Waals surface area contributed by atoms with E-state index >= 15 is 0 Å². The first kappa shape index (κ1) is 15.6. The van der Waals surface area contributed by atoms with Crippen LogP contribution < -0.4 is 16.0 Å². The van der Waals surface area contributed by atoms with E-state index in [1.165, 1.54) is 22.0 Å². The molecule has 2 aromatic rings. The van der Waals surface area contributed by atoms with E-state index in [0.29, 0.717) is 19.0 Å². The van der Waals surface area contributed by atoms with Crippen molar-refractivity contribution in [3.63, 3.8) is 0 Å². The first-order chi connectivity index (χ1) is 11.7. The minimum atomic E-state index is 0.0375. The lowest BCUT2D eigenvalue weighted by Gasteiger charge is -2.35. The fourth-order valence-corrected chi connectivity index (χ4v) is 4.97. The van der Waals surface area contributed by atoms with Crippen LogP contribution in [0, 0.1) is 0 Å². The highest BCUT2D eigenvalue weighted by Crippen LogP contribution is 2.33. The maximum atomic E-state index is 12.6. The van der Waals surface area contributed by atoms with Crippen molar-refractivity contribution in [3.8, 4) is 0 Å². The molecule has 0 radical (unpaired) electrons. The van der Waals surface area contributed by atoms with E-state index in [0.717, 1.165) is 37.5 Å². The van der Waals surface area contributed by atoms with Gasteiger partial charge < -0.3 is 20.9 Å². The van der Waals surface area contributed by atoms with Crippen LogP contribution in [-0.4, -0.2) is 46.5 Å². The molecule has 2 amide bonds. The largest absolute Gasteiger partial charge is 0.367 e. The molecular weight excluding hydrogens is 344 g/mol. The van der Waals surface area contributed by atoms with Crippen LogP contribution in [0.15, 0.2) is 11.4 Å². The summed E-state index contributed by atoms with van der Waals surface area (Å²) in [7, 11) is 0. The lowest BCUT2D eigenvalue weighted by Crippen LogP contribution is -2.52. The van der Waals surface area contributed by atoms with Crippen molar-refractivity contribution in [2.45, 2.75) is 25.3 Å². The Kier molecular flexibility index (Phi) is 4.28. The average Bonchev–Trinajstić information content (AvgIpc) is 3.24. The lowest BCUT2D eigenvalue weighted by atomic mass is 9.94. The van der Waals surface area contributed by atoms with Crippen molar-refractivity contribution in [2.24, 2.45) is 0 Å². The molecule has 0 aromatic carbocycles. The van der Waals surface area contributed by atoms with E-state index in [1.807, 2.05) is 4.90 Å². The van der Waals surface area contributed by atoms with Crippen molar-refractivity contribution in [3.05, 3.63) is 21.9 Å². The summed E-state index contributed by atoms with van der Waals surface area (Å²) in [6, 6.07) is 2.35. The molecule has 1 fully saturated rings. The average molecular weight is 365 g/mol. The number of nitrogens with two attached hydrogens (primary N) is 1. The second-order valence-corrected chi connectivity index (χ2v) is 7.83. The third-order valence-corrected chi connectivity index (χ3v) is 6.41. The Balaban J connectivity index is 1.34. The van der Waals surface area contributed by atoms with Gasteiger partial charge in [0.15, 0.2) is 0 Å². The molecule has 0 saturated carbocycles. The van der Waals surface area contributed by atoms with Crippen LogP contribution in [0.4, 0.5) is 15.9 Å². The standard InChI is InChI=1S/C15H20N6OS2/c16-13-18-15(24-19-13)21-7-5-20(6-8-21)14(22)17-11-2-1-3-12-10(11)4-9-23-12/h4,9,11H,1-3,5-8H2,(H2,16,19)(H,17,22). The first-order valence-corrected chi connectivity index (χ1v) is 9.82. The van der Waals surface area contributed by atoms with Crippen LogP contribution in [-0.2, 0) is 6.42 Å². The number of aromatic nitrogens is 2. The number of amides is 2. The Morgan fingerprint density at radius 2 is 2.17 bits per heavy atom. The summed E-state index contributed by atoms with van der Waals surface area (Å²) < 4.78 is 4.01. The Morgan fingerprint density at radius 1 is 1.33 bits per heavy atom. The van der Waals surface area contributed by atoms with E-state index in [9.17, 15) is 4.79 Å². The zero-order valence-corrected chi connectivity index (χ0v) is 14.9. The molecular formula is C15H20N6OS2. The molecule has 4 rings (SSSR count). The number of hydrogen-bond acceptors (Lipinski definition) is 7. The van der Waals surface area contributed by atoms with Crippen molar-refractivity contribution in [2.75, 3.05) is 36.8 Å². The van der Waals surface area contributed by atoms with Crippen LogP contribution in [0.2, 0.25) is 0 Å². The van der Waals surface area contributed by atoms with Gasteiger partial charge in [-0.1, -0.05) is 0 Å². The summed E-state index contributed by atoms with van der Waals surface area (Å²) in [5.41, 5.74) is 6.89. The molecule has 3 heterocycles. The highest BCUT2D eigenvalue weighted by atomic mass is 32.1. The quantitative estimate of drug-likeness (QED) is 0.852. The number of aryl methyl sites for hydroxylation is 1. The van der Waals surface area contributed by atoms with E-state index in [4.69, 9.17) is 5.73 Å². The maximum Gasteiger partial charge on any atom is 0.318 e. The molecule has 7 nitrogen and oxygen atoms in total. The fraction of sp³-hybridized carbons (Fsp3) is 0.533. The number of rotatable bonds is 2. The number of piperazine rings is 1. The lowest BCUT2D eigenvalue weighted by molar-refractivity contribution is 0.189. The number of urea groups is 1. The topological polar surface area (TPSA) is 87.4 Å². The maximum absolute atomic E-state index is 12.6. The van der Waals surface area contributed by atoms with Gasteiger partial charge in [0.05, 0.1) is 6.04 Å². The molecule has 1 unspecified atom stereocenters. The van der Waals surface area contributed by atoms with Gasteiger partial charge in [-0.15, -0.1) is 11.3 Å². The van der Waals surface area contributed by atoms with Crippen molar-refractivity contribution in [1.29, 1.82) is 0 Å². The number of anilines is 2. The van der Waals surface area contributed by atoms with Crippen molar-refractivity contribution in [1.82, 2.24) is 19.6 Å². The molecule has 0 bridgehead atoms. The summed E-state index contributed by atoms with van der Waals surface area (Å²) in [5.74, 6) is 0.319. The van der Waals surface area contributed by atoms with Gasteiger partial charge in [0.2, 0.25) is 11.1 Å². The Hall–Kier alpha value is -1.87. The molecule has 0 spiro atoms. The van der Waals surface area contributed by atoms with Gasteiger partial charge >= 0.3 is 6.03 Å². The molecule has 1 saturated heterocycles. The first-order valence-electron chi connectivity index (χ1n) is 8.16. The fourth-order valence-electron chi connectivity index (χ4n) is 3.33. The number of thiophene rings is 1. The van der Waals surface area contributed by atoms with Crippen LogP contribution in [0.1, 0.15) is 29.3 Å². The normalized spacial score (nSPS) is 20.8. The Labute approximate surface area is 148 Å². The van der Waals surface area contributed by atoms with Crippen LogP contribution in [0.5, 0.6) is 0 Å². The highest BCUT2D eigenvalue weighted by molar-refractivity contribution is 7.10. The van der Waals surface area contributed by atoms with Crippen molar-refractivity contribution >= 4 is 40.0 Å². The number of fused-ring (bicyclic) bond motifs is 1. The Bertz CT molecular complexity index is 721. The molecule has 24 heavy (non-hydrogen) atoms. The molecule has 9 heteroatoms. The second kappa shape index (κ2) is 6.56. The van der Waals surface area contributed by atoms with E-state index in [-0.39, 0.29) is 12.1 Å². The molecule has 128 valence electrons. The number of nitrogens with zero attached hydrogens (tertiary/aromatic N) is 4. The molecule has 2 aromatic heterocycles. The summed E-state index contributed by atoms with van der Waals surface area (Å²) in [4.78, 5) is 22.3. The van der Waals surface area contributed by atoms with Gasteiger partial charge in [-0.25, -0.2) is 4.79 Å². The van der Waals surface area contributed by atoms with Gasteiger partial charge in [0.1, 0.15) is 0 Å². The Morgan fingerprint density at radius 3 is 2.92 bits per heavy atom. The number of nitrogens with one attached hydrogen (secondary N) is 1. The predicted molar refractivity (Wildman–Crippen MR) is 96.6 cm³/mol. The van der Waals surface area contributed by atoms with Crippen LogP contribution >= 0.6 is 22.9 Å². The van der Waals surface area contributed by atoms with Gasteiger partial charge in [-0.3, -0.25) is 0 Å². The predicted octanol–water partition coefficient (Wildman–Crippen LogP) is 2.09. The molecule has 1 aliphatic carbocycles. The summed E-state index contributed by atoms with van der Waals surface area (Å²) in [5, 5.41) is 6.18. The van der Waals surface area contributed by atoms with Crippen molar-refractivity contribution < 1.29 is 4.79 Å². The van der Waals surface area contributed by atoms with E-state index in [2.05, 4.69) is 31.0 Å². The van der Waals surface area contributed by atoms with Gasteiger partial charge in [0, 0.05) is 42.6 Å². The van der Waals surface area contributed by atoms with Crippen LogP contribution in [0.3, 0.4) is 0 Å². The highest BCUT2D eigenvalue weighted by Gasteiger charge is 2.27. The van der Waals surface area contributed by atoms with Gasteiger partial charge in [-0.05, 0) is 36.3 Å². The summed E-state index contributed by atoms with van der Waals surface area (Å²) in [6.07, 6.45) is 3.31. The van der Waals surface area contributed by atoms with Gasteiger partial charge in [0.25, 0.3) is 0 Å². The minimum Gasteiger partial charge on any atom is -0.367 e. The van der Waals surface area contributed by atoms with E-state index < -0.39 is 0 Å². The zero-order valence-electron chi connectivity index (χ0n) is 13.3. The summed E-state index contributed by atoms with van der Waals surface area (Å²) >= 11 is 3.11. The number of nitrogen functional groups attached to an aromatic ring is 1. The number of carbonyl (C=O) groups is 1. The van der Waals surface area contributed by atoms with Gasteiger partial charge in [-0.2, -0.15) is 9.36 Å². The third kappa shape index (κ3) is 3.05. The third-order valence-electron chi connectivity index (χ3n) is 4.62. The molecule has 2 aliphatic rings. The smallest absolute Gasteiger partial charge is 0.318 e.